The molecule has 164 valence electrons. The molecule has 0 bridgehead atoms. The van der Waals surface area contributed by atoms with Gasteiger partial charge in [0.15, 0.2) is 5.16 Å². The van der Waals surface area contributed by atoms with E-state index >= 15 is 0 Å². The second-order valence-electron chi connectivity index (χ2n) is 7.82. The maximum atomic E-state index is 13.5. The van der Waals surface area contributed by atoms with Crippen LogP contribution in [0, 0.1) is 13.8 Å². The minimum Gasteiger partial charge on any atom is -0.309 e. The Bertz CT molecular complexity index is 1310. The van der Waals surface area contributed by atoms with Crippen molar-refractivity contribution in [1.29, 1.82) is 0 Å². The summed E-state index contributed by atoms with van der Waals surface area (Å²) in [5, 5.41) is 1.18. The third kappa shape index (κ3) is 4.23. The number of hydrogen-bond acceptors (Lipinski definition) is 5. The van der Waals surface area contributed by atoms with Gasteiger partial charge >= 0.3 is 0 Å². The number of thiophene rings is 1. The average molecular weight is 464 g/mol. The Kier molecular flexibility index (Phi) is 6.48. The Morgan fingerprint density at radius 3 is 2.31 bits per heavy atom. The Labute approximate surface area is 195 Å². The molecule has 0 fully saturated rings. The van der Waals surface area contributed by atoms with Gasteiger partial charge in [0, 0.05) is 16.6 Å². The molecule has 0 N–H and O–H groups in total. The number of carbonyl (C=O) groups excluding carboxylic acids is 1. The lowest BCUT2D eigenvalue weighted by atomic mass is 10.2. The summed E-state index contributed by atoms with van der Waals surface area (Å²) in [5.74, 6) is 0.157. The first-order valence-corrected chi connectivity index (χ1v) is 12.3. The normalized spacial score (nSPS) is 11.3. The van der Waals surface area contributed by atoms with Crippen molar-refractivity contribution in [3.8, 4) is 5.69 Å². The molecule has 0 aliphatic rings. The van der Waals surface area contributed by atoms with Crippen LogP contribution >= 0.6 is 23.1 Å². The highest BCUT2D eigenvalue weighted by Crippen LogP contribution is 2.30. The predicted octanol–water partition coefficient (Wildman–Crippen LogP) is 5.60. The molecule has 2 heterocycles. The number of benzene rings is 2. The quantitative estimate of drug-likeness (QED) is 0.276. The lowest BCUT2D eigenvalue weighted by molar-refractivity contribution is -0.116. The zero-order valence-electron chi connectivity index (χ0n) is 18.5. The second-order valence-corrected chi connectivity index (χ2v) is 9.96. The molecule has 2 aromatic carbocycles. The molecular weight excluding hydrogens is 438 g/mol. The molecule has 0 atom stereocenters. The maximum Gasteiger partial charge on any atom is 0.267 e. The number of hydrogen-bond donors (Lipinski definition) is 0. The van der Waals surface area contributed by atoms with Gasteiger partial charge in [0.2, 0.25) is 5.91 Å². The summed E-state index contributed by atoms with van der Waals surface area (Å²) < 4.78 is 1.63. The molecule has 0 aliphatic carbocycles. The van der Waals surface area contributed by atoms with Gasteiger partial charge in [0.1, 0.15) is 4.83 Å². The summed E-state index contributed by atoms with van der Waals surface area (Å²) in [5.41, 5.74) is 2.48. The molecule has 0 saturated heterocycles. The van der Waals surface area contributed by atoms with E-state index in [1.54, 1.807) is 9.47 Å². The number of thioether (sulfide) groups is 1. The summed E-state index contributed by atoms with van der Waals surface area (Å²) in [7, 11) is 0. The second kappa shape index (κ2) is 9.30. The molecule has 0 radical (unpaired) electrons. The number of carbonyl (C=O) groups is 1. The van der Waals surface area contributed by atoms with E-state index in [1.807, 2.05) is 88.4 Å². The van der Waals surface area contributed by atoms with E-state index in [-0.39, 0.29) is 23.3 Å². The number of nitrogens with zero attached hydrogens (tertiary/aromatic N) is 3. The van der Waals surface area contributed by atoms with E-state index in [1.165, 1.54) is 23.1 Å². The van der Waals surface area contributed by atoms with Crippen molar-refractivity contribution in [3.05, 3.63) is 81.5 Å². The summed E-state index contributed by atoms with van der Waals surface area (Å²) >= 11 is 2.82. The number of rotatable bonds is 6. The van der Waals surface area contributed by atoms with Gasteiger partial charge in [-0.05, 0) is 57.5 Å². The van der Waals surface area contributed by atoms with Crippen molar-refractivity contribution < 1.29 is 4.79 Å². The van der Waals surface area contributed by atoms with Crippen LogP contribution in [0.25, 0.3) is 15.9 Å². The Balaban J connectivity index is 1.74. The first-order valence-electron chi connectivity index (χ1n) is 10.5. The first kappa shape index (κ1) is 22.3. The summed E-state index contributed by atoms with van der Waals surface area (Å²) in [6.07, 6.45) is 0. The smallest absolute Gasteiger partial charge is 0.267 e. The minimum absolute atomic E-state index is 0.0138. The number of aromatic nitrogens is 2. The molecule has 2 aromatic heterocycles. The molecule has 0 aliphatic heterocycles. The molecule has 4 rings (SSSR count). The van der Waals surface area contributed by atoms with Crippen LogP contribution in [0.3, 0.4) is 0 Å². The van der Waals surface area contributed by atoms with Crippen LogP contribution in [0.1, 0.15) is 24.3 Å². The Morgan fingerprint density at radius 2 is 1.69 bits per heavy atom. The molecule has 32 heavy (non-hydrogen) atoms. The lowest BCUT2D eigenvalue weighted by Gasteiger charge is -2.27. The standard InChI is InChI=1S/C25H25N3O2S2/c1-16(2)27(19-11-7-5-8-12-19)21(29)15-31-25-26-23-22(17(3)18(4)32-23)24(30)28(25)20-13-9-6-10-14-20/h5-14,16H,15H2,1-4H3. The van der Waals surface area contributed by atoms with Gasteiger partial charge in [0.05, 0.1) is 16.8 Å². The van der Waals surface area contributed by atoms with Crippen molar-refractivity contribution in [2.45, 2.75) is 38.9 Å². The lowest BCUT2D eigenvalue weighted by Crippen LogP contribution is -2.38. The number of anilines is 1. The van der Waals surface area contributed by atoms with Crippen molar-refractivity contribution in [2.75, 3.05) is 10.7 Å². The molecular formula is C25H25N3O2S2. The molecule has 0 unspecified atom stereocenters. The van der Waals surface area contributed by atoms with Gasteiger partial charge in [-0.15, -0.1) is 11.3 Å². The summed E-state index contributed by atoms with van der Waals surface area (Å²) in [4.78, 5) is 35.1. The largest absolute Gasteiger partial charge is 0.309 e. The van der Waals surface area contributed by atoms with Crippen molar-refractivity contribution in [1.82, 2.24) is 9.55 Å². The fraction of sp³-hybridized carbons (Fsp3) is 0.240. The van der Waals surface area contributed by atoms with E-state index in [0.29, 0.717) is 10.5 Å². The van der Waals surface area contributed by atoms with Gasteiger partial charge < -0.3 is 4.90 Å². The SMILES string of the molecule is Cc1sc2nc(SCC(=O)N(c3ccccc3)C(C)C)n(-c3ccccc3)c(=O)c2c1C. The third-order valence-electron chi connectivity index (χ3n) is 5.33. The zero-order valence-corrected chi connectivity index (χ0v) is 20.2. The molecule has 0 saturated carbocycles. The highest BCUT2D eigenvalue weighted by Gasteiger charge is 2.22. The highest BCUT2D eigenvalue weighted by atomic mass is 32.2. The predicted molar refractivity (Wildman–Crippen MR) is 134 cm³/mol. The Morgan fingerprint density at radius 1 is 1.06 bits per heavy atom. The summed E-state index contributed by atoms with van der Waals surface area (Å²) in [6.45, 7) is 7.96. The Hall–Kier alpha value is -2.90. The van der Waals surface area contributed by atoms with Gasteiger partial charge in [-0.1, -0.05) is 48.2 Å². The van der Waals surface area contributed by atoms with E-state index in [9.17, 15) is 9.59 Å². The monoisotopic (exact) mass is 463 g/mol. The van der Waals surface area contributed by atoms with Crippen molar-refractivity contribution >= 4 is 44.9 Å². The third-order valence-corrected chi connectivity index (χ3v) is 7.36. The number of aryl methyl sites for hydroxylation is 2. The highest BCUT2D eigenvalue weighted by molar-refractivity contribution is 7.99. The molecule has 7 heteroatoms. The van der Waals surface area contributed by atoms with E-state index in [2.05, 4.69) is 0 Å². The fourth-order valence-electron chi connectivity index (χ4n) is 3.69. The van der Waals surface area contributed by atoms with Crippen LogP contribution in [0.2, 0.25) is 0 Å². The van der Waals surface area contributed by atoms with Crippen molar-refractivity contribution in [3.63, 3.8) is 0 Å². The number of fused-ring (bicyclic) bond motifs is 1. The number of amides is 1. The van der Waals surface area contributed by atoms with Crippen LogP contribution in [0.5, 0.6) is 0 Å². The van der Waals surface area contributed by atoms with E-state index < -0.39 is 0 Å². The molecule has 5 nitrogen and oxygen atoms in total. The zero-order chi connectivity index (χ0) is 22.8. The first-order chi connectivity index (χ1) is 15.4. The number of para-hydroxylation sites is 2. The average Bonchev–Trinajstić information content (AvgIpc) is 3.07. The molecule has 1 amide bonds. The molecule has 0 spiro atoms. The van der Waals surface area contributed by atoms with Gasteiger partial charge in [0.25, 0.3) is 5.56 Å². The van der Waals surface area contributed by atoms with Crippen LogP contribution < -0.4 is 10.5 Å². The topological polar surface area (TPSA) is 55.2 Å². The fourth-order valence-corrected chi connectivity index (χ4v) is 5.63. The van der Waals surface area contributed by atoms with Crippen LogP contribution in [0.15, 0.2) is 70.6 Å². The van der Waals surface area contributed by atoms with Gasteiger partial charge in [-0.2, -0.15) is 0 Å². The maximum absolute atomic E-state index is 13.5. The van der Waals surface area contributed by atoms with Crippen LogP contribution in [-0.4, -0.2) is 27.3 Å². The van der Waals surface area contributed by atoms with Crippen molar-refractivity contribution in [2.24, 2.45) is 0 Å². The van der Waals surface area contributed by atoms with E-state index in [4.69, 9.17) is 4.98 Å². The summed E-state index contributed by atoms with van der Waals surface area (Å²) in [6, 6.07) is 19.2. The van der Waals surface area contributed by atoms with Crippen LogP contribution in [-0.2, 0) is 4.79 Å². The van der Waals surface area contributed by atoms with Crippen LogP contribution in [0.4, 0.5) is 5.69 Å². The minimum atomic E-state index is -0.0956. The van der Waals surface area contributed by atoms with E-state index in [0.717, 1.165) is 26.6 Å². The van der Waals surface area contributed by atoms with Gasteiger partial charge in [-0.3, -0.25) is 14.2 Å². The molecule has 4 aromatic rings. The van der Waals surface area contributed by atoms with Gasteiger partial charge in [-0.25, -0.2) is 4.98 Å².